The molecule has 0 saturated carbocycles. The highest BCUT2D eigenvalue weighted by atomic mass is 14.9. The normalized spacial score (nSPS) is 11.8. The van der Waals surface area contributed by atoms with E-state index in [1.165, 1.54) is 16.7 Å². The molecule has 2 heteroatoms. The van der Waals surface area contributed by atoms with Gasteiger partial charge in [-0.1, -0.05) is 45.9 Å². The lowest BCUT2D eigenvalue weighted by Gasteiger charge is -2.20. The largest absolute Gasteiger partial charge is 0.316 e. The minimum atomic E-state index is 0.243. The first kappa shape index (κ1) is 16.2. The van der Waals surface area contributed by atoms with Gasteiger partial charge in [0.1, 0.15) is 0 Å². The number of likely N-dealkylation sites (N-methyl/N-ethyl adjacent to an activating group) is 1. The third-order valence-electron chi connectivity index (χ3n) is 3.51. The maximum atomic E-state index is 3.48. The summed E-state index contributed by atoms with van der Waals surface area (Å²) >= 11 is 0. The SMILES string of the molecule is CCNCCNCCc1ccc(C(C)(C)C)cc1C. The Labute approximate surface area is 119 Å². The summed E-state index contributed by atoms with van der Waals surface area (Å²) in [5.74, 6) is 0. The Morgan fingerprint density at radius 2 is 1.68 bits per heavy atom. The lowest BCUT2D eigenvalue weighted by molar-refractivity contribution is 0.588. The van der Waals surface area contributed by atoms with Crippen LogP contribution in [0.5, 0.6) is 0 Å². The Bertz CT molecular complexity index is 377. The smallest absolute Gasteiger partial charge is 0.00768 e. The van der Waals surface area contributed by atoms with E-state index in [0.717, 1.165) is 32.6 Å². The monoisotopic (exact) mass is 262 g/mol. The molecule has 0 aliphatic carbocycles. The van der Waals surface area contributed by atoms with Crippen molar-refractivity contribution in [1.82, 2.24) is 10.6 Å². The van der Waals surface area contributed by atoms with Crippen molar-refractivity contribution in [3.05, 3.63) is 34.9 Å². The van der Waals surface area contributed by atoms with Crippen LogP contribution in [0.4, 0.5) is 0 Å². The third-order valence-corrected chi connectivity index (χ3v) is 3.51. The van der Waals surface area contributed by atoms with E-state index >= 15 is 0 Å². The van der Waals surface area contributed by atoms with Crippen LogP contribution in [0.1, 0.15) is 44.4 Å². The molecule has 0 aromatic heterocycles. The van der Waals surface area contributed by atoms with Crippen LogP contribution < -0.4 is 10.6 Å². The molecule has 0 fully saturated rings. The van der Waals surface area contributed by atoms with Gasteiger partial charge in [-0.25, -0.2) is 0 Å². The number of aryl methyl sites for hydroxylation is 1. The van der Waals surface area contributed by atoms with Crippen LogP contribution in [0.15, 0.2) is 18.2 Å². The number of benzene rings is 1. The summed E-state index contributed by atoms with van der Waals surface area (Å²) in [6.07, 6.45) is 1.11. The van der Waals surface area contributed by atoms with E-state index in [4.69, 9.17) is 0 Å². The number of hydrogen-bond donors (Lipinski definition) is 2. The summed E-state index contributed by atoms with van der Waals surface area (Å²) in [7, 11) is 0. The maximum Gasteiger partial charge on any atom is 0.00768 e. The molecule has 1 aromatic rings. The topological polar surface area (TPSA) is 24.1 Å². The molecule has 2 nitrogen and oxygen atoms in total. The summed E-state index contributed by atoms with van der Waals surface area (Å²) in [6.45, 7) is 15.4. The van der Waals surface area contributed by atoms with Crippen molar-refractivity contribution < 1.29 is 0 Å². The maximum absolute atomic E-state index is 3.48. The highest BCUT2D eigenvalue weighted by Crippen LogP contribution is 2.24. The lowest BCUT2D eigenvalue weighted by Crippen LogP contribution is -2.28. The molecule has 0 amide bonds. The minimum absolute atomic E-state index is 0.243. The second-order valence-electron chi connectivity index (χ2n) is 6.24. The molecule has 0 aliphatic rings. The quantitative estimate of drug-likeness (QED) is 0.738. The number of rotatable bonds is 7. The molecule has 0 radical (unpaired) electrons. The van der Waals surface area contributed by atoms with Crippen LogP contribution in [-0.2, 0) is 11.8 Å². The van der Waals surface area contributed by atoms with Crippen LogP contribution in [0.2, 0.25) is 0 Å². The Morgan fingerprint density at radius 3 is 2.26 bits per heavy atom. The van der Waals surface area contributed by atoms with Crippen LogP contribution >= 0.6 is 0 Å². The molecule has 0 bridgehead atoms. The number of nitrogens with one attached hydrogen (secondary N) is 2. The molecular formula is C17H30N2. The average molecular weight is 262 g/mol. The van der Waals surface area contributed by atoms with E-state index in [2.05, 4.69) is 63.5 Å². The predicted molar refractivity (Wildman–Crippen MR) is 85.0 cm³/mol. The van der Waals surface area contributed by atoms with Gasteiger partial charge in [0, 0.05) is 13.1 Å². The zero-order chi connectivity index (χ0) is 14.3. The Kier molecular flexibility index (Phi) is 6.53. The van der Waals surface area contributed by atoms with E-state index in [1.54, 1.807) is 0 Å². The van der Waals surface area contributed by atoms with Crippen molar-refractivity contribution in [3.8, 4) is 0 Å². The average Bonchev–Trinajstić information content (AvgIpc) is 2.34. The van der Waals surface area contributed by atoms with Crippen LogP contribution in [0.3, 0.4) is 0 Å². The van der Waals surface area contributed by atoms with Gasteiger partial charge in [0.25, 0.3) is 0 Å². The molecule has 1 aromatic carbocycles. The van der Waals surface area contributed by atoms with E-state index in [1.807, 2.05) is 0 Å². The first-order chi connectivity index (χ1) is 8.95. The Morgan fingerprint density at radius 1 is 1.00 bits per heavy atom. The van der Waals surface area contributed by atoms with Gasteiger partial charge in [-0.15, -0.1) is 0 Å². The van der Waals surface area contributed by atoms with Crippen molar-refractivity contribution in [3.63, 3.8) is 0 Å². The number of hydrogen-bond acceptors (Lipinski definition) is 2. The summed E-state index contributed by atoms with van der Waals surface area (Å²) in [5, 5.41) is 6.80. The fourth-order valence-corrected chi connectivity index (χ4v) is 2.14. The second-order valence-corrected chi connectivity index (χ2v) is 6.24. The van der Waals surface area contributed by atoms with Gasteiger partial charge in [0.05, 0.1) is 0 Å². The molecule has 0 aliphatic heterocycles. The van der Waals surface area contributed by atoms with Crippen molar-refractivity contribution in [2.75, 3.05) is 26.2 Å². The summed E-state index contributed by atoms with van der Waals surface area (Å²) in [4.78, 5) is 0. The van der Waals surface area contributed by atoms with Gasteiger partial charge in [0.2, 0.25) is 0 Å². The lowest BCUT2D eigenvalue weighted by atomic mass is 9.85. The van der Waals surface area contributed by atoms with Gasteiger partial charge < -0.3 is 10.6 Å². The van der Waals surface area contributed by atoms with Crippen LogP contribution in [0.25, 0.3) is 0 Å². The summed E-state index contributed by atoms with van der Waals surface area (Å²) in [6, 6.07) is 6.91. The van der Waals surface area contributed by atoms with Crippen molar-refractivity contribution in [1.29, 1.82) is 0 Å². The fourth-order valence-electron chi connectivity index (χ4n) is 2.14. The molecule has 2 N–H and O–H groups in total. The highest BCUT2D eigenvalue weighted by Gasteiger charge is 2.14. The van der Waals surface area contributed by atoms with Gasteiger partial charge in [-0.05, 0) is 48.5 Å². The standard InChI is InChI=1S/C17H30N2/c1-6-18-11-12-19-10-9-15-7-8-16(13-14(15)2)17(3,4)5/h7-8,13,18-19H,6,9-12H2,1-5H3. The van der Waals surface area contributed by atoms with Crippen molar-refractivity contribution in [2.45, 2.75) is 46.5 Å². The molecule has 108 valence electrons. The minimum Gasteiger partial charge on any atom is -0.316 e. The van der Waals surface area contributed by atoms with Gasteiger partial charge in [0.15, 0.2) is 0 Å². The molecule has 0 atom stereocenters. The molecular weight excluding hydrogens is 232 g/mol. The molecule has 0 unspecified atom stereocenters. The van der Waals surface area contributed by atoms with Crippen LogP contribution in [-0.4, -0.2) is 26.2 Å². The highest BCUT2D eigenvalue weighted by molar-refractivity contribution is 5.34. The Hall–Kier alpha value is -0.860. The third kappa shape index (κ3) is 5.75. The zero-order valence-electron chi connectivity index (χ0n) is 13.3. The fraction of sp³-hybridized carbons (Fsp3) is 0.647. The van der Waals surface area contributed by atoms with E-state index in [-0.39, 0.29) is 5.41 Å². The van der Waals surface area contributed by atoms with Crippen LogP contribution in [0, 0.1) is 6.92 Å². The second kappa shape index (κ2) is 7.66. The Balaban J connectivity index is 2.43. The van der Waals surface area contributed by atoms with E-state index < -0.39 is 0 Å². The first-order valence-electron chi connectivity index (χ1n) is 7.46. The summed E-state index contributed by atoms with van der Waals surface area (Å²) < 4.78 is 0. The first-order valence-corrected chi connectivity index (χ1v) is 7.46. The van der Waals surface area contributed by atoms with Gasteiger partial charge in [-0.3, -0.25) is 0 Å². The van der Waals surface area contributed by atoms with Gasteiger partial charge in [-0.2, -0.15) is 0 Å². The summed E-state index contributed by atoms with van der Waals surface area (Å²) in [5.41, 5.74) is 4.55. The molecule has 19 heavy (non-hydrogen) atoms. The molecule has 1 rings (SSSR count). The van der Waals surface area contributed by atoms with Crippen molar-refractivity contribution >= 4 is 0 Å². The van der Waals surface area contributed by atoms with E-state index in [0.29, 0.717) is 0 Å². The zero-order valence-corrected chi connectivity index (χ0v) is 13.3. The van der Waals surface area contributed by atoms with Gasteiger partial charge >= 0.3 is 0 Å². The molecule has 0 spiro atoms. The molecule has 0 heterocycles. The van der Waals surface area contributed by atoms with Crippen molar-refractivity contribution in [2.24, 2.45) is 0 Å². The predicted octanol–water partition coefficient (Wildman–Crippen LogP) is 3.03. The van der Waals surface area contributed by atoms with E-state index in [9.17, 15) is 0 Å². The molecule has 0 saturated heterocycles.